The van der Waals surface area contributed by atoms with Gasteiger partial charge >= 0.3 is 0 Å². The largest absolute Gasteiger partial charge is 0.322 e. The number of anilines is 2. The van der Waals surface area contributed by atoms with E-state index in [1.54, 1.807) is 11.3 Å². The number of halogens is 1. The van der Waals surface area contributed by atoms with Crippen LogP contribution in [0, 0.1) is 13.8 Å². The minimum atomic E-state index is 0.320. The van der Waals surface area contributed by atoms with Crippen molar-refractivity contribution < 1.29 is 0 Å². The van der Waals surface area contributed by atoms with E-state index in [2.05, 4.69) is 59.9 Å². The highest BCUT2D eigenvalue weighted by Crippen LogP contribution is 2.43. The van der Waals surface area contributed by atoms with Crippen molar-refractivity contribution in [3.63, 3.8) is 0 Å². The van der Waals surface area contributed by atoms with Crippen LogP contribution >= 0.6 is 22.9 Å². The second-order valence-electron chi connectivity index (χ2n) is 5.83. The van der Waals surface area contributed by atoms with Crippen LogP contribution in [0.25, 0.3) is 10.2 Å². The molecule has 1 atom stereocenters. The van der Waals surface area contributed by atoms with Crippen LogP contribution in [0.3, 0.4) is 0 Å². The second kappa shape index (κ2) is 4.93. The minimum absolute atomic E-state index is 0.320. The lowest BCUT2D eigenvalue weighted by atomic mass is 10.1. The number of fused-ring (bicyclic) bond motifs is 2. The Morgan fingerprint density at radius 3 is 2.82 bits per heavy atom. The van der Waals surface area contributed by atoms with Crippen LogP contribution in [0.4, 0.5) is 11.5 Å². The fraction of sp³-hybridized carbons (Fsp3) is 0.294. The Bertz CT molecular complexity index is 887. The molecule has 0 bridgehead atoms. The van der Waals surface area contributed by atoms with Gasteiger partial charge in [-0.1, -0.05) is 18.2 Å². The predicted molar refractivity (Wildman–Crippen MR) is 93.6 cm³/mol. The third kappa shape index (κ3) is 1.94. The van der Waals surface area contributed by atoms with Crippen molar-refractivity contribution in [2.75, 3.05) is 4.90 Å². The number of hydrogen-bond acceptors (Lipinski definition) is 4. The fourth-order valence-corrected chi connectivity index (χ4v) is 4.50. The molecule has 0 fully saturated rings. The Labute approximate surface area is 138 Å². The van der Waals surface area contributed by atoms with Crippen molar-refractivity contribution in [1.29, 1.82) is 0 Å². The van der Waals surface area contributed by atoms with Crippen LogP contribution in [-0.2, 0) is 6.42 Å². The van der Waals surface area contributed by atoms with Gasteiger partial charge in [0, 0.05) is 16.6 Å². The van der Waals surface area contributed by atoms with Gasteiger partial charge in [-0.05, 0) is 56.0 Å². The first-order valence-corrected chi connectivity index (χ1v) is 8.56. The van der Waals surface area contributed by atoms with Gasteiger partial charge in [0.05, 0.1) is 5.39 Å². The van der Waals surface area contributed by atoms with Gasteiger partial charge in [0.15, 0.2) is 0 Å². The molecule has 1 aliphatic heterocycles. The predicted octanol–water partition coefficient (Wildman–Crippen LogP) is 5.04. The zero-order valence-electron chi connectivity index (χ0n) is 12.7. The van der Waals surface area contributed by atoms with Gasteiger partial charge in [-0.25, -0.2) is 4.98 Å². The topological polar surface area (TPSA) is 29.0 Å². The first-order chi connectivity index (χ1) is 10.6. The summed E-state index contributed by atoms with van der Waals surface area (Å²) in [6, 6.07) is 8.89. The molecule has 3 heterocycles. The molecule has 0 N–H and O–H groups in total. The summed E-state index contributed by atoms with van der Waals surface area (Å²) < 4.78 is 0. The molecule has 0 saturated carbocycles. The lowest BCUT2D eigenvalue weighted by Gasteiger charge is -2.25. The van der Waals surface area contributed by atoms with Crippen LogP contribution in [0.5, 0.6) is 0 Å². The molecule has 5 heteroatoms. The molecule has 1 aliphatic rings. The number of aromatic nitrogens is 2. The van der Waals surface area contributed by atoms with E-state index >= 15 is 0 Å². The number of nitrogens with zero attached hydrogens (tertiary/aromatic N) is 3. The van der Waals surface area contributed by atoms with Crippen molar-refractivity contribution in [2.24, 2.45) is 0 Å². The van der Waals surface area contributed by atoms with Crippen LogP contribution in [-0.4, -0.2) is 16.0 Å². The Morgan fingerprint density at radius 2 is 2.00 bits per heavy atom. The third-order valence-electron chi connectivity index (χ3n) is 4.42. The maximum Gasteiger partial charge on any atom is 0.225 e. The van der Waals surface area contributed by atoms with Gasteiger partial charge in [-0.3, -0.25) is 0 Å². The van der Waals surface area contributed by atoms with Crippen molar-refractivity contribution in [2.45, 2.75) is 33.2 Å². The summed E-state index contributed by atoms with van der Waals surface area (Å²) in [6.07, 6.45) is 1.03. The quantitative estimate of drug-likeness (QED) is 0.585. The van der Waals surface area contributed by atoms with Crippen LogP contribution in [0.1, 0.15) is 22.9 Å². The molecule has 1 aromatic carbocycles. The standard InChI is InChI=1S/C17H16ClN3S/c1-9-8-12-6-4-5-7-13(12)21(9)15-14-10(2)11(3)22-16(14)20-17(18)19-15/h4-7,9H,8H2,1-3H3. The molecule has 0 amide bonds. The van der Waals surface area contributed by atoms with Gasteiger partial charge in [-0.15, -0.1) is 11.3 Å². The highest BCUT2D eigenvalue weighted by molar-refractivity contribution is 7.18. The summed E-state index contributed by atoms with van der Waals surface area (Å²) in [5.41, 5.74) is 3.85. The molecule has 0 saturated heterocycles. The van der Waals surface area contributed by atoms with Gasteiger partial charge < -0.3 is 4.90 Å². The number of hydrogen-bond donors (Lipinski definition) is 0. The Morgan fingerprint density at radius 1 is 1.23 bits per heavy atom. The molecule has 3 aromatic rings. The molecule has 112 valence electrons. The molecule has 2 aromatic heterocycles. The SMILES string of the molecule is Cc1sc2nc(Cl)nc(N3c4ccccc4CC3C)c2c1C. The number of rotatable bonds is 1. The maximum absolute atomic E-state index is 6.20. The first kappa shape index (κ1) is 14.0. The van der Waals surface area contributed by atoms with E-state index in [9.17, 15) is 0 Å². The molecule has 0 spiro atoms. The summed E-state index contributed by atoms with van der Waals surface area (Å²) >= 11 is 7.88. The van der Waals surface area contributed by atoms with Gasteiger partial charge in [0.2, 0.25) is 5.28 Å². The van der Waals surface area contributed by atoms with E-state index in [1.165, 1.54) is 21.7 Å². The maximum atomic E-state index is 6.20. The summed E-state index contributed by atoms with van der Waals surface area (Å²) in [5, 5.41) is 1.45. The molecule has 0 aliphatic carbocycles. The molecular formula is C17H16ClN3S. The van der Waals surface area contributed by atoms with E-state index in [1.807, 2.05) is 0 Å². The van der Waals surface area contributed by atoms with Crippen LogP contribution in [0.2, 0.25) is 5.28 Å². The second-order valence-corrected chi connectivity index (χ2v) is 7.37. The van der Waals surface area contributed by atoms with Gasteiger partial charge in [0.25, 0.3) is 0 Å². The van der Waals surface area contributed by atoms with E-state index in [-0.39, 0.29) is 0 Å². The summed E-state index contributed by atoms with van der Waals surface area (Å²) in [6.45, 7) is 6.50. The molecule has 0 radical (unpaired) electrons. The fourth-order valence-electron chi connectivity index (χ4n) is 3.27. The number of aryl methyl sites for hydroxylation is 2. The smallest absolute Gasteiger partial charge is 0.225 e. The summed E-state index contributed by atoms with van der Waals surface area (Å²) in [4.78, 5) is 13.6. The molecular weight excluding hydrogens is 314 g/mol. The lowest BCUT2D eigenvalue weighted by molar-refractivity contribution is 0.752. The number of para-hydroxylation sites is 1. The van der Waals surface area contributed by atoms with Gasteiger partial charge in [0.1, 0.15) is 10.6 Å². The number of thiophene rings is 1. The minimum Gasteiger partial charge on any atom is -0.322 e. The Kier molecular flexibility index (Phi) is 3.13. The Hall–Kier alpha value is -1.65. The van der Waals surface area contributed by atoms with Crippen molar-refractivity contribution >= 4 is 44.7 Å². The monoisotopic (exact) mass is 329 g/mol. The molecule has 3 nitrogen and oxygen atoms in total. The van der Waals surface area contributed by atoms with Crippen molar-refractivity contribution in [3.8, 4) is 0 Å². The molecule has 4 rings (SSSR count). The Balaban J connectivity index is 2.02. The van der Waals surface area contributed by atoms with Crippen LogP contribution in [0.15, 0.2) is 24.3 Å². The first-order valence-electron chi connectivity index (χ1n) is 7.36. The van der Waals surface area contributed by atoms with Crippen LogP contribution < -0.4 is 4.90 Å². The lowest BCUT2D eigenvalue weighted by Crippen LogP contribution is -2.25. The van der Waals surface area contributed by atoms with Crippen molar-refractivity contribution in [3.05, 3.63) is 45.6 Å². The van der Waals surface area contributed by atoms with E-state index in [0.717, 1.165) is 22.5 Å². The zero-order valence-corrected chi connectivity index (χ0v) is 14.3. The van der Waals surface area contributed by atoms with E-state index in [4.69, 9.17) is 11.6 Å². The van der Waals surface area contributed by atoms with E-state index < -0.39 is 0 Å². The molecule has 22 heavy (non-hydrogen) atoms. The summed E-state index contributed by atoms with van der Waals surface area (Å²) in [7, 11) is 0. The average molecular weight is 330 g/mol. The average Bonchev–Trinajstić information content (AvgIpc) is 2.95. The summed E-state index contributed by atoms with van der Waals surface area (Å²) in [5.74, 6) is 0.939. The zero-order chi connectivity index (χ0) is 15.4. The number of benzene rings is 1. The molecule has 1 unspecified atom stereocenters. The van der Waals surface area contributed by atoms with E-state index in [0.29, 0.717) is 11.3 Å². The van der Waals surface area contributed by atoms with Crippen molar-refractivity contribution in [1.82, 2.24) is 9.97 Å². The van der Waals surface area contributed by atoms with Gasteiger partial charge in [-0.2, -0.15) is 4.98 Å². The third-order valence-corrected chi connectivity index (χ3v) is 5.69. The normalized spacial score (nSPS) is 17.3. The highest BCUT2D eigenvalue weighted by atomic mass is 35.5. The highest BCUT2D eigenvalue weighted by Gasteiger charge is 2.30.